The SMILES string of the molecule is COC(C)(C)CCC(NN)C1CCC(C)O1. The van der Waals surface area contributed by atoms with E-state index in [1.165, 1.54) is 0 Å². The van der Waals surface area contributed by atoms with Gasteiger partial charge in [-0.3, -0.25) is 11.3 Å². The van der Waals surface area contributed by atoms with Gasteiger partial charge in [-0.1, -0.05) is 0 Å². The van der Waals surface area contributed by atoms with Gasteiger partial charge in [-0.2, -0.15) is 0 Å². The zero-order valence-electron chi connectivity index (χ0n) is 11.0. The van der Waals surface area contributed by atoms with E-state index in [9.17, 15) is 0 Å². The van der Waals surface area contributed by atoms with E-state index in [2.05, 4.69) is 26.2 Å². The fourth-order valence-electron chi connectivity index (χ4n) is 2.11. The molecule has 1 rings (SSSR count). The molecule has 0 spiro atoms. The second-order valence-corrected chi connectivity index (χ2v) is 5.34. The van der Waals surface area contributed by atoms with Crippen LogP contribution in [0.25, 0.3) is 0 Å². The zero-order valence-corrected chi connectivity index (χ0v) is 11.0. The summed E-state index contributed by atoms with van der Waals surface area (Å²) in [6, 6.07) is 0.236. The Hall–Kier alpha value is -0.160. The van der Waals surface area contributed by atoms with Gasteiger partial charge in [0.25, 0.3) is 0 Å². The number of methoxy groups -OCH3 is 1. The van der Waals surface area contributed by atoms with Crippen molar-refractivity contribution in [3.05, 3.63) is 0 Å². The number of nitrogens with one attached hydrogen (secondary N) is 1. The Morgan fingerprint density at radius 2 is 2.19 bits per heavy atom. The Balaban J connectivity index is 2.37. The Morgan fingerprint density at radius 1 is 1.50 bits per heavy atom. The van der Waals surface area contributed by atoms with Crippen molar-refractivity contribution in [2.24, 2.45) is 5.84 Å². The fraction of sp³-hybridized carbons (Fsp3) is 1.00. The van der Waals surface area contributed by atoms with Crippen molar-refractivity contribution in [2.45, 2.75) is 70.3 Å². The van der Waals surface area contributed by atoms with Gasteiger partial charge in [0.15, 0.2) is 0 Å². The van der Waals surface area contributed by atoms with Crippen LogP contribution in [-0.4, -0.2) is 31.0 Å². The van der Waals surface area contributed by atoms with Gasteiger partial charge >= 0.3 is 0 Å². The Morgan fingerprint density at radius 3 is 2.62 bits per heavy atom. The molecule has 3 atom stereocenters. The van der Waals surface area contributed by atoms with E-state index in [1.807, 2.05) is 0 Å². The van der Waals surface area contributed by atoms with Crippen molar-refractivity contribution in [1.29, 1.82) is 0 Å². The minimum Gasteiger partial charge on any atom is -0.379 e. The highest BCUT2D eigenvalue weighted by molar-refractivity contribution is 4.83. The van der Waals surface area contributed by atoms with Crippen molar-refractivity contribution in [2.75, 3.05) is 7.11 Å². The molecule has 1 aliphatic rings. The molecule has 3 N–H and O–H groups in total. The summed E-state index contributed by atoms with van der Waals surface area (Å²) in [7, 11) is 1.75. The number of nitrogens with two attached hydrogens (primary N) is 1. The van der Waals surface area contributed by atoms with Gasteiger partial charge in [-0.05, 0) is 46.5 Å². The third-order valence-electron chi connectivity index (χ3n) is 3.54. The maximum atomic E-state index is 5.83. The molecule has 1 saturated heterocycles. The van der Waals surface area contributed by atoms with Gasteiger partial charge in [0.2, 0.25) is 0 Å². The maximum absolute atomic E-state index is 5.83. The topological polar surface area (TPSA) is 56.5 Å². The number of hydrazine groups is 1. The van der Waals surface area contributed by atoms with E-state index in [-0.39, 0.29) is 17.7 Å². The normalized spacial score (nSPS) is 28.3. The highest BCUT2D eigenvalue weighted by atomic mass is 16.5. The molecule has 0 saturated carbocycles. The van der Waals surface area contributed by atoms with Crippen LogP contribution in [-0.2, 0) is 9.47 Å². The standard InChI is InChI=1S/C12H26N2O2/c1-9-5-6-11(16-9)10(14-13)7-8-12(2,3)15-4/h9-11,14H,5-8,13H2,1-4H3. The molecule has 1 heterocycles. The van der Waals surface area contributed by atoms with Gasteiger partial charge in [0, 0.05) is 13.2 Å². The first kappa shape index (κ1) is 13.9. The summed E-state index contributed by atoms with van der Waals surface area (Å²) in [5, 5.41) is 0. The molecular weight excluding hydrogens is 204 g/mol. The summed E-state index contributed by atoms with van der Waals surface area (Å²) in [6.07, 6.45) is 4.82. The summed E-state index contributed by atoms with van der Waals surface area (Å²) in [6.45, 7) is 6.31. The van der Waals surface area contributed by atoms with Crippen LogP contribution in [0.5, 0.6) is 0 Å². The zero-order chi connectivity index (χ0) is 12.2. The average Bonchev–Trinajstić information content (AvgIpc) is 2.66. The molecule has 0 amide bonds. The van der Waals surface area contributed by atoms with Crippen molar-refractivity contribution < 1.29 is 9.47 Å². The summed E-state index contributed by atoms with van der Waals surface area (Å²) >= 11 is 0. The molecule has 0 radical (unpaired) electrons. The summed E-state index contributed by atoms with van der Waals surface area (Å²) < 4.78 is 11.2. The first-order valence-electron chi connectivity index (χ1n) is 6.15. The van der Waals surface area contributed by atoms with Gasteiger partial charge < -0.3 is 9.47 Å². The second kappa shape index (κ2) is 5.96. The third-order valence-corrected chi connectivity index (χ3v) is 3.54. The van der Waals surface area contributed by atoms with Crippen LogP contribution in [0.15, 0.2) is 0 Å². The van der Waals surface area contributed by atoms with Crippen LogP contribution in [0.3, 0.4) is 0 Å². The van der Waals surface area contributed by atoms with Gasteiger partial charge in [0.05, 0.1) is 17.8 Å². The van der Waals surface area contributed by atoms with Crippen molar-refractivity contribution in [1.82, 2.24) is 5.43 Å². The smallest absolute Gasteiger partial charge is 0.0746 e. The Bertz CT molecular complexity index is 209. The van der Waals surface area contributed by atoms with Gasteiger partial charge in [0.1, 0.15) is 0 Å². The first-order chi connectivity index (χ1) is 7.48. The Labute approximate surface area is 98.8 Å². The molecule has 1 fully saturated rings. The molecular formula is C12H26N2O2. The second-order valence-electron chi connectivity index (χ2n) is 5.34. The highest BCUT2D eigenvalue weighted by Crippen LogP contribution is 2.25. The van der Waals surface area contributed by atoms with Crippen LogP contribution in [0.4, 0.5) is 0 Å². The van der Waals surface area contributed by atoms with E-state index in [1.54, 1.807) is 7.11 Å². The van der Waals surface area contributed by atoms with Gasteiger partial charge in [-0.25, -0.2) is 0 Å². The van der Waals surface area contributed by atoms with E-state index < -0.39 is 0 Å². The van der Waals surface area contributed by atoms with E-state index in [0.717, 1.165) is 25.7 Å². The molecule has 0 aliphatic carbocycles. The summed E-state index contributed by atoms with van der Waals surface area (Å²) in [5.41, 5.74) is 2.80. The predicted molar refractivity (Wildman–Crippen MR) is 65.0 cm³/mol. The lowest BCUT2D eigenvalue weighted by atomic mass is 9.95. The molecule has 1 aliphatic heterocycles. The molecule has 16 heavy (non-hydrogen) atoms. The molecule has 0 bridgehead atoms. The number of ether oxygens (including phenoxy) is 2. The van der Waals surface area contributed by atoms with Crippen LogP contribution in [0.1, 0.15) is 46.5 Å². The van der Waals surface area contributed by atoms with Crippen LogP contribution < -0.4 is 11.3 Å². The van der Waals surface area contributed by atoms with Crippen molar-refractivity contribution >= 4 is 0 Å². The molecule has 0 aromatic carbocycles. The highest BCUT2D eigenvalue weighted by Gasteiger charge is 2.30. The fourth-order valence-corrected chi connectivity index (χ4v) is 2.11. The minimum absolute atomic E-state index is 0.0840. The first-order valence-corrected chi connectivity index (χ1v) is 6.15. The monoisotopic (exact) mass is 230 g/mol. The Kier molecular flexibility index (Phi) is 5.18. The lowest BCUT2D eigenvalue weighted by Gasteiger charge is -2.28. The predicted octanol–water partition coefficient (Wildman–Crippen LogP) is 1.59. The largest absolute Gasteiger partial charge is 0.379 e. The van der Waals surface area contributed by atoms with E-state index in [0.29, 0.717) is 6.10 Å². The summed E-state index contributed by atoms with van der Waals surface area (Å²) in [4.78, 5) is 0. The minimum atomic E-state index is -0.0840. The number of hydrogen-bond acceptors (Lipinski definition) is 4. The van der Waals surface area contributed by atoms with E-state index in [4.69, 9.17) is 15.3 Å². The molecule has 96 valence electrons. The molecule has 0 aromatic rings. The lowest BCUT2D eigenvalue weighted by molar-refractivity contribution is -0.00326. The molecule has 3 unspecified atom stereocenters. The third kappa shape index (κ3) is 4.01. The number of rotatable bonds is 6. The number of hydrogen-bond donors (Lipinski definition) is 2. The lowest BCUT2D eigenvalue weighted by Crippen LogP contribution is -2.45. The van der Waals surface area contributed by atoms with E-state index >= 15 is 0 Å². The molecule has 0 aromatic heterocycles. The average molecular weight is 230 g/mol. The van der Waals surface area contributed by atoms with Crippen LogP contribution >= 0.6 is 0 Å². The van der Waals surface area contributed by atoms with Crippen molar-refractivity contribution in [3.8, 4) is 0 Å². The van der Waals surface area contributed by atoms with Crippen LogP contribution in [0, 0.1) is 0 Å². The van der Waals surface area contributed by atoms with Crippen LogP contribution in [0.2, 0.25) is 0 Å². The van der Waals surface area contributed by atoms with Crippen molar-refractivity contribution in [3.63, 3.8) is 0 Å². The molecule has 4 heteroatoms. The summed E-state index contributed by atoms with van der Waals surface area (Å²) in [5.74, 6) is 5.60. The quantitative estimate of drug-likeness (QED) is 0.537. The van der Waals surface area contributed by atoms with Gasteiger partial charge in [-0.15, -0.1) is 0 Å². The molecule has 4 nitrogen and oxygen atoms in total. The maximum Gasteiger partial charge on any atom is 0.0746 e.